The second-order valence-corrected chi connectivity index (χ2v) is 3.94. The standard InChI is InChI=1S/C11H12ClN3O2/c12-8-4-2-1-3-7(8)10-14-11(17-15-10)9(16)5-6-13/h1-4,9,16H,5-6,13H2/t9-/m0/s1. The summed E-state index contributed by atoms with van der Waals surface area (Å²) in [7, 11) is 0. The molecule has 1 aromatic carbocycles. The molecule has 0 radical (unpaired) electrons. The minimum absolute atomic E-state index is 0.158. The van der Waals surface area contributed by atoms with Crippen molar-refractivity contribution in [1.82, 2.24) is 10.1 Å². The summed E-state index contributed by atoms with van der Waals surface area (Å²) in [5.74, 6) is 0.520. The predicted octanol–water partition coefficient (Wildman–Crippen LogP) is 1.77. The summed E-state index contributed by atoms with van der Waals surface area (Å²) >= 11 is 6.00. The van der Waals surface area contributed by atoms with Crippen molar-refractivity contribution >= 4 is 11.6 Å². The van der Waals surface area contributed by atoms with Gasteiger partial charge in [-0.1, -0.05) is 28.9 Å². The van der Waals surface area contributed by atoms with Crippen LogP contribution < -0.4 is 5.73 Å². The number of benzene rings is 1. The first kappa shape index (κ1) is 12.0. The summed E-state index contributed by atoms with van der Waals surface area (Å²) in [6.07, 6.45) is -0.451. The topological polar surface area (TPSA) is 85.2 Å². The molecule has 0 aliphatic rings. The van der Waals surface area contributed by atoms with Crippen molar-refractivity contribution in [2.75, 3.05) is 6.54 Å². The van der Waals surface area contributed by atoms with Crippen LogP contribution in [0.2, 0.25) is 5.02 Å². The number of aliphatic hydroxyl groups excluding tert-OH is 1. The minimum Gasteiger partial charge on any atom is -0.383 e. The van der Waals surface area contributed by atoms with Gasteiger partial charge in [-0.2, -0.15) is 4.98 Å². The Morgan fingerprint density at radius 3 is 2.88 bits per heavy atom. The fraction of sp³-hybridized carbons (Fsp3) is 0.273. The third-order valence-electron chi connectivity index (χ3n) is 2.28. The molecule has 2 rings (SSSR count). The maximum Gasteiger partial charge on any atom is 0.255 e. The molecule has 1 aromatic heterocycles. The lowest BCUT2D eigenvalue weighted by molar-refractivity contribution is 0.127. The molecule has 90 valence electrons. The van der Waals surface area contributed by atoms with E-state index in [-0.39, 0.29) is 5.89 Å². The quantitative estimate of drug-likeness (QED) is 0.867. The molecule has 0 saturated heterocycles. The van der Waals surface area contributed by atoms with Crippen molar-refractivity contribution in [3.05, 3.63) is 35.2 Å². The molecular weight excluding hydrogens is 242 g/mol. The van der Waals surface area contributed by atoms with E-state index in [0.29, 0.717) is 29.4 Å². The molecule has 0 spiro atoms. The monoisotopic (exact) mass is 253 g/mol. The van der Waals surface area contributed by atoms with Gasteiger partial charge in [-0.15, -0.1) is 0 Å². The van der Waals surface area contributed by atoms with Gasteiger partial charge in [-0.3, -0.25) is 0 Å². The molecule has 0 unspecified atom stereocenters. The first-order chi connectivity index (χ1) is 8.22. The molecule has 0 saturated carbocycles. The van der Waals surface area contributed by atoms with E-state index in [9.17, 15) is 5.11 Å². The summed E-state index contributed by atoms with van der Waals surface area (Å²) < 4.78 is 4.96. The van der Waals surface area contributed by atoms with Gasteiger partial charge in [0, 0.05) is 5.56 Å². The molecule has 3 N–H and O–H groups in total. The average Bonchev–Trinajstić information content (AvgIpc) is 2.79. The van der Waals surface area contributed by atoms with E-state index in [2.05, 4.69) is 10.1 Å². The minimum atomic E-state index is -0.830. The van der Waals surface area contributed by atoms with E-state index in [4.69, 9.17) is 21.9 Å². The average molecular weight is 254 g/mol. The van der Waals surface area contributed by atoms with Crippen LogP contribution in [0.1, 0.15) is 18.4 Å². The second kappa shape index (κ2) is 5.27. The number of nitrogens with zero attached hydrogens (tertiary/aromatic N) is 2. The molecule has 0 aliphatic heterocycles. The van der Waals surface area contributed by atoms with Gasteiger partial charge in [0.2, 0.25) is 5.82 Å². The molecule has 5 nitrogen and oxygen atoms in total. The normalized spacial score (nSPS) is 12.6. The van der Waals surface area contributed by atoms with E-state index in [0.717, 1.165) is 0 Å². The Labute approximate surface area is 103 Å². The van der Waals surface area contributed by atoms with Crippen LogP contribution >= 0.6 is 11.6 Å². The number of aliphatic hydroxyl groups is 1. The van der Waals surface area contributed by atoms with E-state index < -0.39 is 6.10 Å². The van der Waals surface area contributed by atoms with Gasteiger partial charge in [-0.05, 0) is 25.1 Å². The molecule has 17 heavy (non-hydrogen) atoms. The zero-order valence-corrected chi connectivity index (χ0v) is 9.76. The van der Waals surface area contributed by atoms with Gasteiger partial charge in [-0.25, -0.2) is 0 Å². The Kier molecular flexibility index (Phi) is 3.73. The van der Waals surface area contributed by atoms with E-state index in [1.165, 1.54) is 0 Å². The summed E-state index contributed by atoms with van der Waals surface area (Å²) in [5.41, 5.74) is 6.01. The molecule has 0 aliphatic carbocycles. The predicted molar refractivity (Wildman–Crippen MR) is 63.4 cm³/mol. The van der Waals surface area contributed by atoms with Crippen LogP contribution in [0.15, 0.2) is 28.8 Å². The molecule has 0 bridgehead atoms. The molecule has 2 aromatic rings. The van der Waals surface area contributed by atoms with Crippen molar-refractivity contribution in [2.45, 2.75) is 12.5 Å². The molecule has 0 amide bonds. The molecule has 1 atom stereocenters. The SMILES string of the molecule is NCC[C@H](O)c1nc(-c2ccccc2Cl)no1. The Balaban J connectivity index is 2.27. The Morgan fingerprint density at radius 1 is 1.41 bits per heavy atom. The van der Waals surface area contributed by atoms with Crippen LogP contribution in [0.3, 0.4) is 0 Å². The number of nitrogens with two attached hydrogens (primary N) is 1. The van der Waals surface area contributed by atoms with E-state index in [1.807, 2.05) is 12.1 Å². The third-order valence-corrected chi connectivity index (χ3v) is 2.61. The largest absolute Gasteiger partial charge is 0.383 e. The molecule has 1 heterocycles. The first-order valence-corrected chi connectivity index (χ1v) is 5.57. The Hall–Kier alpha value is -1.43. The summed E-state index contributed by atoms with van der Waals surface area (Å²) in [6, 6.07) is 7.17. The number of halogens is 1. The second-order valence-electron chi connectivity index (χ2n) is 3.53. The fourth-order valence-corrected chi connectivity index (χ4v) is 1.62. The zero-order valence-electron chi connectivity index (χ0n) is 9.01. The number of hydrogen-bond donors (Lipinski definition) is 2. The first-order valence-electron chi connectivity index (χ1n) is 5.19. The van der Waals surface area contributed by atoms with Gasteiger partial charge in [0.05, 0.1) is 5.02 Å². The Morgan fingerprint density at radius 2 is 2.18 bits per heavy atom. The van der Waals surface area contributed by atoms with Crippen molar-refractivity contribution in [3.8, 4) is 11.4 Å². The van der Waals surface area contributed by atoms with Crippen molar-refractivity contribution < 1.29 is 9.63 Å². The fourth-order valence-electron chi connectivity index (χ4n) is 1.40. The highest BCUT2D eigenvalue weighted by molar-refractivity contribution is 6.33. The van der Waals surface area contributed by atoms with E-state index >= 15 is 0 Å². The number of aromatic nitrogens is 2. The van der Waals surface area contributed by atoms with Gasteiger partial charge in [0.15, 0.2) is 0 Å². The molecule has 6 heteroatoms. The van der Waals surface area contributed by atoms with Crippen LogP contribution in [0, 0.1) is 0 Å². The highest BCUT2D eigenvalue weighted by Crippen LogP contribution is 2.26. The smallest absolute Gasteiger partial charge is 0.255 e. The third kappa shape index (κ3) is 2.63. The van der Waals surface area contributed by atoms with Crippen molar-refractivity contribution in [3.63, 3.8) is 0 Å². The Bertz CT molecular complexity index is 501. The summed E-state index contributed by atoms with van der Waals surface area (Å²) in [4.78, 5) is 4.09. The van der Waals surface area contributed by atoms with Crippen molar-refractivity contribution in [2.24, 2.45) is 5.73 Å². The van der Waals surface area contributed by atoms with Crippen LogP contribution in [0.5, 0.6) is 0 Å². The molecular formula is C11H12ClN3O2. The number of hydrogen-bond acceptors (Lipinski definition) is 5. The van der Waals surface area contributed by atoms with Crippen LogP contribution in [-0.4, -0.2) is 21.8 Å². The lowest BCUT2D eigenvalue weighted by Crippen LogP contribution is -2.06. The van der Waals surface area contributed by atoms with Crippen molar-refractivity contribution in [1.29, 1.82) is 0 Å². The highest BCUT2D eigenvalue weighted by Gasteiger charge is 2.17. The lowest BCUT2D eigenvalue weighted by atomic mass is 10.2. The van der Waals surface area contributed by atoms with Gasteiger partial charge in [0.1, 0.15) is 6.10 Å². The van der Waals surface area contributed by atoms with Crippen LogP contribution in [0.4, 0.5) is 0 Å². The highest BCUT2D eigenvalue weighted by atomic mass is 35.5. The summed E-state index contributed by atoms with van der Waals surface area (Å²) in [5, 5.41) is 14.0. The molecule has 0 fully saturated rings. The maximum absolute atomic E-state index is 9.64. The van der Waals surface area contributed by atoms with Gasteiger partial charge >= 0.3 is 0 Å². The van der Waals surface area contributed by atoms with E-state index in [1.54, 1.807) is 12.1 Å². The summed E-state index contributed by atoms with van der Waals surface area (Å²) in [6.45, 7) is 0.352. The van der Waals surface area contributed by atoms with Gasteiger partial charge < -0.3 is 15.4 Å². The lowest BCUT2D eigenvalue weighted by Gasteiger charge is -2.01. The zero-order chi connectivity index (χ0) is 12.3. The van der Waals surface area contributed by atoms with Gasteiger partial charge in [0.25, 0.3) is 5.89 Å². The maximum atomic E-state index is 9.64. The van der Waals surface area contributed by atoms with Crippen LogP contribution in [0.25, 0.3) is 11.4 Å². The van der Waals surface area contributed by atoms with Crippen LogP contribution in [-0.2, 0) is 0 Å². The number of rotatable bonds is 4.